The van der Waals surface area contributed by atoms with Crippen LogP contribution in [0.2, 0.25) is 0 Å². The molecule has 0 bridgehead atoms. The van der Waals surface area contributed by atoms with Crippen molar-refractivity contribution in [3.63, 3.8) is 0 Å². The third-order valence-electron chi connectivity index (χ3n) is 1.15. The minimum atomic E-state index is -0.321. The SMILES string of the molecule is O=C(Cl)CCCn1cnnn1. The molecular weight excluding hydrogens is 168 g/mol. The summed E-state index contributed by atoms with van der Waals surface area (Å²) in [5.74, 6) is 0. The molecule has 0 unspecified atom stereocenters. The van der Waals surface area contributed by atoms with Crippen LogP contribution in [0.4, 0.5) is 0 Å². The zero-order chi connectivity index (χ0) is 8.10. The Hall–Kier alpha value is -0.970. The van der Waals surface area contributed by atoms with Gasteiger partial charge in [-0.3, -0.25) is 4.79 Å². The van der Waals surface area contributed by atoms with Gasteiger partial charge in [0.05, 0.1) is 0 Å². The molecule has 5 nitrogen and oxygen atoms in total. The zero-order valence-corrected chi connectivity index (χ0v) is 6.53. The summed E-state index contributed by atoms with van der Waals surface area (Å²) in [6.45, 7) is 0.630. The van der Waals surface area contributed by atoms with Crippen LogP contribution in [0, 0.1) is 0 Å². The highest BCUT2D eigenvalue weighted by Gasteiger charge is 1.96. The van der Waals surface area contributed by atoms with Gasteiger partial charge in [-0.2, -0.15) is 0 Å². The third-order valence-corrected chi connectivity index (χ3v) is 1.34. The standard InChI is InChI=1S/C5H7ClN4O/c6-5(11)2-1-3-10-4-7-8-9-10/h4H,1-3H2. The van der Waals surface area contributed by atoms with Crippen molar-refractivity contribution in [3.05, 3.63) is 6.33 Å². The van der Waals surface area contributed by atoms with Crippen LogP contribution in [0.25, 0.3) is 0 Å². The molecule has 60 valence electrons. The van der Waals surface area contributed by atoms with E-state index in [9.17, 15) is 4.79 Å². The van der Waals surface area contributed by atoms with Crippen LogP contribution in [0.3, 0.4) is 0 Å². The molecule has 0 aromatic carbocycles. The molecule has 1 aromatic rings. The molecule has 1 aromatic heterocycles. The van der Waals surface area contributed by atoms with Gasteiger partial charge in [-0.1, -0.05) is 0 Å². The molecule has 0 aliphatic carbocycles. The molecule has 0 fully saturated rings. The number of carbonyl (C=O) groups is 1. The van der Waals surface area contributed by atoms with Gasteiger partial charge in [-0.15, -0.1) is 5.10 Å². The predicted molar refractivity (Wildman–Crippen MR) is 37.9 cm³/mol. The minimum Gasteiger partial charge on any atom is -0.281 e. The number of rotatable bonds is 4. The Bertz CT molecular complexity index is 222. The number of aromatic nitrogens is 4. The highest BCUT2D eigenvalue weighted by Crippen LogP contribution is 1.95. The second-order valence-corrected chi connectivity index (χ2v) is 2.45. The Kier molecular flexibility index (Phi) is 2.97. The van der Waals surface area contributed by atoms with Gasteiger partial charge in [0.2, 0.25) is 5.24 Å². The molecule has 0 radical (unpaired) electrons. The normalized spacial score (nSPS) is 9.91. The Morgan fingerprint density at radius 1 is 1.64 bits per heavy atom. The highest BCUT2D eigenvalue weighted by atomic mass is 35.5. The van der Waals surface area contributed by atoms with Crippen molar-refractivity contribution in [2.45, 2.75) is 19.4 Å². The number of tetrazole rings is 1. The maximum atomic E-state index is 10.3. The lowest BCUT2D eigenvalue weighted by Crippen LogP contribution is -2.00. The summed E-state index contributed by atoms with van der Waals surface area (Å²) < 4.78 is 1.56. The second kappa shape index (κ2) is 4.02. The van der Waals surface area contributed by atoms with E-state index in [2.05, 4.69) is 15.5 Å². The lowest BCUT2D eigenvalue weighted by atomic mass is 10.3. The van der Waals surface area contributed by atoms with E-state index in [1.165, 1.54) is 6.33 Å². The van der Waals surface area contributed by atoms with E-state index in [4.69, 9.17) is 11.6 Å². The maximum Gasteiger partial charge on any atom is 0.221 e. The first-order valence-corrected chi connectivity index (χ1v) is 3.56. The van der Waals surface area contributed by atoms with Crippen molar-refractivity contribution in [1.82, 2.24) is 20.2 Å². The van der Waals surface area contributed by atoms with Crippen LogP contribution >= 0.6 is 11.6 Å². The van der Waals surface area contributed by atoms with Crippen LogP contribution < -0.4 is 0 Å². The van der Waals surface area contributed by atoms with Crippen LogP contribution in [-0.2, 0) is 11.3 Å². The summed E-state index contributed by atoms with van der Waals surface area (Å²) in [4.78, 5) is 10.3. The molecule has 1 heterocycles. The molecule has 0 atom stereocenters. The monoisotopic (exact) mass is 174 g/mol. The van der Waals surface area contributed by atoms with Gasteiger partial charge >= 0.3 is 0 Å². The quantitative estimate of drug-likeness (QED) is 0.613. The molecule has 0 saturated heterocycles. The number of halogens is 1. The first kappa shape index (κ1) is 8.13. The molecule has 0 spiro atoms. The molecule has 0 N–H and O–H groups in total. The van der Waals surface area contributed by atoms with E-state index >= 15 is 0 Å². The number of aryl methyl sites for hydroxylation is 1. The number of nitrogens with zero attached hydrogens (tertiary/aromatic N) is 4. The van der Waals surface area contributed by atoms with E-state index < -0.39 is 0 Å². The van der Waals surface area contributed by atoms with Gasteiger partial charge in [0.25, 0.3) is 0 Å². The van der Waals surface area contributed by atoms with Gasteiger partial charge in [-0.25, -0.2) is 4.68 Å². The summed E-state index contributed by atoms with van der Waals surface area (Å²) in [5.41, 5.74) is 0. The fourth-order valence-corrected chi connectivity index (χ4v) is 0.796. The topological polar surface area (TPSA) is 60.7 Å². The van der Waals surface area contributed by atoms with Gasteiger partial charge in [-0.05, 0) is 28.4 Å². The van der Waals surface area contributed by atoms with Gasteiger partial charge in [0, 0.05) is 13.0 Å². The summed E-state index contributed by atoms with van der Waals surface area (Å²) in [6.07, 6.45) is 2.54. The van der Waals surface area contributed by atoms with E-state index in [1.807, 2.05) is 0 Å². The smallest absolute Gasteiger partial charge is 0.221 e. The lowest BCUT2D eigenvalue weighted by Gasteiger charge is -1.94. The zero-order valence-electron chi connectivity index (χ0n) is 5.77. The minimum absolute atomic E-state index is 0.321. The molecule has 0 amide bonds. The van der Waals surface area contributed by atoms with Crippen molar-refractivity contribution in [1.29, 1.82) is 0 Å². The highest BCUT2D eigenvalue weighted by molar-refractivity contribution is 6.63. The van der Waals surface area contributed by atoms with Crippen LogP contribution in [0.5, 0.6) is 0 Å². The fourth-order valence-electron chi connectivity index (χ4n) is 0.663. The maximum absolute atomic E-state index is 10.3. The largest absolute Gasteiger partial charge is 0.281 e. The van der Waals surface area contributed by atoms with Crippen molar-refractivity contribution in [2.24, 2.45) is 0 Å². The molecule has 0 aliphatic rings. The second-order valence-electron chi connectivity index (χ2n) is 2.03. The Balaban J connectivity index is 2.19. The van der Waals surface area contributed by atoms with Gasteiger partial charge < -0.3 is 0 Å². The lowest BCUT2D eigenvalue weighted by molar-refractivity contribution is -0.111. The summed E-state index contributed by atoms with van der Waals surface area (Å²) in [5, 5.41) is 10.2. The first-order valence-electron chi connectivity index (χ1n) is 3.18. The van der Waals surface area contributed by atoms with Gasteiger partial charge in [0.15, 0.2) is 0 Å². The predicted octanol–water partition coefficient (Wildman–Crippen LogP) is 0.219. The van der Waals surface area contributed by atoms with E-state index in [-0.39, 0.29) is 5.24 Å². The van der Waals surface area contributed by atoms with E-state index in [0.29, 0.717) is 19.4 Å². The third kappa shape index (κ3) is 3.08. The van der Waals surface area contributed by atoms with Crippen molar-refractivity contribution in [2.75, 3.05) is 0 Å². The average molecular weight is 175 g/mol. The number of carbonyl (C=O) groups excluding carboxylic acids is 1. The molecule has 0 saturated carbocycles. The fraction of sp³-hybridized carbons (Fsp3) is 0.600. The molecule has 11 heavy (non-hydrogen) atoms. The Morgan fingerprint density at radius 2 is 2.45 bits per heavy atom. The van der Waals surface area contributed by atoms with Gasteiger partial charge in [0.1, 0.15) is 6.33 Å². The average Bonchev–Trinajstić information content (AvgIpc) is 2.39. The Morgan fingerprint density at radius 3 is 3.00 bits per heavy atom. The number of hydrogen-bond acceptors (Lipinski definition) is 4. The van der Waals surface area contributed by atoms with E-state index in [1.54, 1.807) is 4.68 Å². The molecule has 6 heteroatoms. The molecule has 1 rings (SSSR count). The summed E-state index contributed by atoms with van der Waals surface area (Å²) in [6, 6.07) is 0. The number of hydrogen-bond donors (Lipinski definition) is 0. The van der Waals surface area contributed by atoms with Crippen LogP contribution in [0.1, 0.15) is 12.8 Å². The van der Waals surface area contributed by atoms with Crippen LogP contribution in [0.15, 0.2) is 6.33 Å². The van der Waals surface area contributed by atoms with Crippen LogP contribution in [-0.4, -0.2) is 25.4 Å². The van der Waals surface area contributed by atoms with Crippen molar-refractivity contribution in [3.8, 4) is 0 Å². The first-order chi connectivity index (χ1) is 5.29. The van der Waals surface area contributed by atoms with Crippen molar-refractivity contribution >= 4 is 16.8 Å². The Labute approximate surface area is 68.3 Å². The summed E-state index contributed by atoms with van der Waals surface area (Å²) in [7, 11) is 0. The summed E-state index contributed by atoms with van der Waals surface area (Å²) >= 11 is 5.12. The molecular formula is C5H7ClN4O. The van der Waals surface area contributed by atoms with E-state index in [0.717, 1.165) is 0 Å². The van der Waals surface area contributed by atoms with Crippen molar-refractivity contribution < 1.29 is 4.79 Å². The molecule has 0 aliphatic heterocycles.